The van der Waals surface area contributed by atoms with Crippen molar-refractivity contribution in [3.8, 4) is 0 Å². The predicted octanol–water partition coefficient (Wildman–Crippen LogP) is 1.97. The van der Waals surface area contributed by atoms with Gasteiger partial charge in [0.1, 0.15) is 16.8 Å². The van der Waals surface area contributed by atoms with E-state index in [-0.39, 0.29) is 18.4 Å². The third kappa shape index (κ3) is 4.06. The summed E-state index contributed by atoms with van der Waals surface area (Å²) >= 11 is 5.99. The van der Waals surface area contributed by atoms with Gasteiger partial charge < -0.3 is 10.2 Å². The van der Waals surface area contributed by atoms with Crippen LogP contribution in [0.1, 0.15) is 38.4 Å². The van der Waals surface area contributed by atoms with E-state index in [1.165, 1.54) is 0 Å². The first-order valence-corrected chi connectivity index (χ1v) is 6.88. The van der Waals surface area contributed by atoms with Gasteiger partial charge in [0.25, 0.3) is 0 Å². The Kier molecular flexibility index (Phi) is 4.24. The molecule has 0 aromatic carbocycles. The molecule has 1 fully saturated rings. The van der Waals surface area contributed by atoms with E-state index in [9.17, 15) is 4.79 Å². The van der Waals surface area contributed by atoms with Crippen LogP contribution in [-0.2, 0) is 4.79 Å². The Morgan fingerprint density at radius 1 is 1.53 bits per heavy atom. The second kappa shape index (κ2) is 5.74. The zero-order valence-electron chi connectivity index (χ0n) is 11.5. The molecule has 2 rings (SSSR count). The summed E-state index contributed by atoms with van der Waals surface area (Å²) in [7, 11) is 1.83. The van der Waals surface area contributed by atoms with Crippen molar-refractivity contribution in [1.29, 1.82) is 0 Å². The Morgan fingerprint density at radius 3 is 2.79 bits per heavy atom. The summed E-state index contributed by atoms with van der Waals surface area (Å²) in [6, 6.07) is 2.05. The normalized spacial score (nSPS) is 14.6. The molecular weight excluding hydrogens is 264 g/mol. The number of nitrogens with one attached hydrogen (secondary N) is 1. The van der Waals surface area contributed by atoms with Gasteiger partial charge >= 0.3 is 0 Å². The maximum absolute atomic E-state index is 11.8. The second-order valence-electron chi connectivity index (χ2n) is 5.26. The number of amides is 1. The molecule has 19 heavy (non-hydrogen) atoms. The second-order valence-corrected chi connectivity index (χ2v) is 5.65. The highest BCUT2D eigenvalue weighted by molar-refractivity contribution is 6.29. The number of nitrogens with zero attached hydrogens (tertiary/aromatic N) is 3. The molecule has 0 aliphatic heterocycles. The van der Waals surface area contributed by atoms with Crippen LogP contribution in [0.25, 0.3) is 0 Å². The molecule has 1 amide bonds. The third-order valence-corrected chi connectivity index (χ3v) is 3.12. The molecule has 0 unspecified atom stereocenters. The van der Waals surface area contributed by atoms with E-state index in [0.29, 0.717) is 22.8 Å². The van der Waals surface area contributed by atoms with Crippen LogP contribution in [0.15, 0.2) is 6.07 Å². The van der Waals surface area contributed by atoms with E-state index in [2.05, 4.69) is 15.3 Å². The Bertz CT molecular complexity index is 474. The fourth-order valence-corrected chi connectivity index (χ4v) is 1.86. The quantitative estimate of drug-likeness (QED) is 0.839. The lowest BCUT2D eigenvalue weighted by Crippen LogP contribution is -2.36. The maximum atomic E-state index is 11.8. The van der Waals surface area contributed by atoms with E-state index in [0.717, 1.165) is 12.8 Å². The number of hydrogen-bond acceptors (Lipinski definition) is 4. The molecule has 0 spiro atoms. The lowest BCUT2D eigenvalue weighted by atomic mass is 10.2. The van der Waals surface area contributed by atoms with Crippen LogP contribution < -0.4 is 10.2 Å². The van der Waals surface area contributed by atoms with Gasteiger partial charge in [0.05, 0.1) is 6.54 Å². The number of likely N-dealkylation sites (N-methyl/N-ethyl adjacent to an activating group) is 1. The van der Waals surface area contributed by atoms with Gasteiger partial charge in [-0.2, -0.15) is 0 Å². The molecule has 1 saturated carbocycles. The Morgan fingerprint density at radius 2 is 2.21 bits per heavy atom. The Balaban J connectivity index is 2.04. The van der Waals surface area contributed by atoms with Gasteiger partial charge in [0.2, 0.25) is 5.91 Å². The Labute approximate surface area is 118 Å². The predicted molar refractivity (Wildman–Crippen MR) is 75.6 cm³/mol. The highest BCUT2D eigenvalue weighted by Crippen LogP contribution is 2.20. The molecule has 1 aromatic rings. The van der Waals surface area contributed by atoms with Gasteiger partial charge in [0.15, 0.2) is 0 Å². The number of halogens is 1. The molecular formula is C13H19ClN4O. The van der Waals surface area contributed by atoms with Crippen molar-refractivity contribution in [3.63, 3.8) is 0 Å². The fraction of sp³-hybridized carbons (Fsp3) is 0.615. The lowest BCUT2D eigenvalue weighted by molar-refractivity contribution is -0.119. The van der Waals surface area contributed by atoms with Gasteiger partial charge in [-0.25, -0.2) is 9.97 Å². The maximum Gasteiger partial charge on any atom is 0.239 e. The van der Waals surface area contributed by atoms with Crippen molar-refractivity contribution in [3.05, 3.63) is 17.0 Å². The van der Waals surface area contributed by atoms with E-state index in [4.69, 9.17) is 11.6 Å². The smallest absolute Gasteiger partial charge is 0.239 e. The minimum Gasteiger partial charge on any atom is -0.352 e. The van der Waals surface area contributed by atoms with Crippen LogP contribution in [0.2, 0.25) is 5.15 Å². The molecule has 1 N–H and O–H groups in total. The summed E-state index contributed by atoms with van der Waals surface area (Å²) in [6.07, 6.45) is 2.18. The van der Waals surface area contributed by atoms with E-state index < -0.39 is 0 Å². The highest BCUT2D eigenvalue weighted by atomic mass is 35.5. The summed E-state index contributed by atoms with van der Waals surface area (Å²) < 4.78 is 0. The van der Waals surface area contributed by atoms with Crippen molar-refractivity contribution in [2.45, 2.75) is 38.6 Å². The number of anilines is 1. The molecule has 6 heteroatoms. The molecule has 0 radical (unpaired) electrons. The van der Waals surface area contributed by atoms with Crippen molar-refractivity contribution in [2.75, 3.05) is 18.5 Å². The zero-order valence-corrected chi connectivity index (χ0v) is 12.2. The molecule has 1 aromatic heterocycles. The summed E-state index contributed by atoms with van der Waals surface area (Å²) in [5, 5.41) is 3.36. The number of hydrogen-bond donors (Lipinski definition) is 1. The first kappa shape index (κ1) is 14.1. The van der Waals surface area contributed by atoms with Gasteiger partial charge in [-0.05, 0) is 12.8 Å². The van der Waals surface area contributed by atoms with Crippen molar-refractivity contribution >= 4 is 23.3 Å². The monoisotopic (exact) mass is 282 g/mol. The fourth-order valence-electron chi connectivity index (χ4n) is 1.67. The molecule has 104 valence electrons. The van der Waals surface area contributed by atoms with Crippen LogP contribution in [-0.4, -0.2) is 35.5 Å². The average molecular weight is 283 g/mol. The van der Waals surface area contributed by atoms with E-state index in [1.807, 2.05) is 20.9 Å². The number of carbonyl (C=O) groups excluding carboxylic acids is 1. The van der Waals surface area contributed by atoms with Gasteiger partial charge in [0, 0.05) is 25.1 Å². The molecule has 1 aliphatic carbocycles. The summed E-state index contributed by atoms with van der Waals surface area (Å²) in [5.41, 5.74) is 0. The topological polar surface area (TPSA) is 58.1 Å². The summed E-state index contributed by atoms with van der Waals surface area (Å²) in [4.78, 5) is 22.2. The Hall–Kier alpha value is -1.36. The van der Waals surface area contributed by atoms with Gasteiger partial charge in [-0.3, -0.25) is 4.79 Å². The van der Waals surface area contributed by atoms with Crippen LogP contribution >= 0.6 is 11.6 Å². The standard InChI is InChI=1S/C13H19ClN4O/c1-8(2)13-16-10(14)6-11(17-13)18(3)7-12(19)15-9-4-5-9/h6,8-9H,4-5,7H2,1-3H3,(H,15,19). The zero-order chi connectivity index (χ0) is 14.0. The summed E-state index contributed by atoms with van der Waals surface area (Å²) in [5.74, 6) is 1.59. The van der Waals surface area contributed by atoms with Crippen LogP contribution in [0, 0.1) is 0 Å². The number of carbonyl (C=O) groups is 1. The summed E-state index contributed by atoms with van der Waals surface area (Å²) in [6.45, 7) is 4.30. The number of aromatic nitrogens is 2. The molecule has 1 aliphatic rings. The largest absolute Gasteiger partial charge is 0.352 e. The van der Waals surface area contributed by atoms with Crippen LogP contribution in [0.4, 0.5) is 5.82 Å². The molecule has 5 nitrogen and oxygen atoms in total. The minimum atomic E-state index is 0.0193. The molecule has 1 heterocycles. The lowest BCUT2D eigenvalue weighted by Gasteiger charge is -2.19. The van der Waals surface area contributed by atoms with E-state index >= 15 is 0 Å². The molecule has 0 bridgehead atoms. The first-order valence-electron chi connectivity index (χ1n) is 6.50. The minimum absolute atomic E-state index is 0.0193. The SMILES string of the molecule is CC(C)c1nc(Cl)cc(N(C)CC(=O)NC2CC2)n1. The van der Waals surface area contributed by atoms with Crippen molar-refractivity contribution in [1.82, 2.24) is 15.3 Å². The first-order chi connectivity index (χ1) is 8.95. The highest BCUT2D eigenvalue weighted by Gasteiger charge is 2.23. The van der Waals surface area contributed by atoms with E-state index in [1.54, 1.807) is 11.0 Å². The number of rotatable bonds is 5. The van der Waals surface area contributed by atoms with Gasteiger partial charge in [-0.15, -0.1) is 0 Å². The van der Waals surface area contributed by atoms with Crippen molar-refractivity contribution in [2.24, 2.45) is 0 Å². The van der Waals surface area contributed by atoms with Crippen molar-refractivity contribution < 1.29 is 4.79 Å². The van der Waals surface area contributed by atoms with Gasteiger partial charge in [-0.1, -0.05) is 25.4 Å². The van der Waals surface area contributed by atoms with Crippen LogP contribution in [0.5, 0.6) is 0 Å². The average Bonchev–Trinajstić information content (AvgIpc) is 3.11. The molecule has 0 saturated heterocycles. The van der Waals surface area contributed by atoms with Crippen LogP contribution in [0.3, 0.4) is 0 Å². The molecule has 0 atom stereocenters. The third-order valence-electron chi connectivity index (χ3n) is 2.93.